The van der Waals surface area contributed by atoms with Gasteiger partial charge in [0.25, 0.3) is 5.91 Å². The Hall–Kier alpha value is -3.31. The van der Waals surface area contributed by atoms with E-state index in [4.69, 9.17) is 9.47 Å². The Labute approximate surface area is 213 Å². The van der Waals surface area contributed by atoms with E-state index in [9.17, 15) is 18.0 Å². The molecule has 0 bridgehead atoms. The lowest BCUT2D eigenvalue weighted by Crippen LogP contribution is -2.32. The van der Waals surface area contributed by atoms with Crippen LogP contribution in [0.2, 0.25) is 0 Å². The number of hydrogen-bond donors (Lipinski definition) is 2. The number of carbonyl (C=O) groups excluding carboxylic acids is 1. The molecule has 2 N–H and O–H groups in total. The van der Waals surface area contributed by atoms with E-state index in [1.807, 2.05) is 26.8 Å². The lowest BCUT2D eigenvalue weighted by molar-refractivity contribution is -0.181. The molecule has 0 unspecified atom stereocenters. The molecule has 1 aliphatic carbocycles. The number of carbonyl (C=O) groups is 1. The lowest BCUT2D eigenvalue weighted by atomic mass is 9.98. The predicted molar refractivity (Wildman–Crippen MR) is 133 cm³/mol. The number of aliphatic imine (C=N–C) groups is 1. The molecule has 2 fully saturated rings. The van der Waals surface area contributed by atoms with Gasteiger partial charge in [-0.25, -0.2) is 4.98 Å². The number of hydrogen-bond acceptors (Lipinski definition) is 7. The Morgan fingerprint density at radius 3 is 2.54 bits per heavy atom. The van der Waals surface area contributed by atoms with Crippen molar-refractivity contribution in [3.8, 4) is 0 Å². The number of allylic oxidation sites excluding steroid dienone is 1. The number of anilines is 2. The summed E-state index contributed by atoms with van der Waals surface area (Å²) in [5.41, 5.74) is 1.80. The second-order valence-electron chi connectivity index (χ2n) is 9.34. The van der Waals surface area contributed by atoms with E-state index >= 15 is 0 Å². The molecule has 0 aromatic carbocycles. The maximum atomic E-state index is 13.2. The molecule has 2 aliphatic rings. The number of alkyl halides is 3. The molecular formula is C26H30F3N5O3. The highest BCUT2D eigenvalue weighted by molar-refractivity contribution is 6.06. The van der Waals surface area contributed by atoms with Gasteiger partial charge >= 0.3 is 6.18 Å². The Morgan fingerprint density at radius 1 is 1.22 bits per heavy atom. The van der Waals surface area contributed by atoms with Gasteiger partial charge in [-0.1, -0.05) is 13.8 Å². The molecule has 37 heavy (non-hydrogen) atoms. The fourth-order valence-corrected chi connectivity index (χ4v) is 4.15. The monoisotopic (exact) mass is 517 g/mol. The van der Waals surface area contributed by atoms with Gasteiger partial charge in [0.05, 0.1) is 30.7 Å². The van der Waals surface area contributed by atoms with Crippen LogP contribution in [0, 0.1) is 18.8 Å². The third-order valence-electron chi connectivity index (χ3n) is 6.18. The summed E-state index contributed by atoms with van der Waals surface area (Å²) >= 11 is 0. The van der Waals surface area contributed by atoms with Crippen LogP contribution in [-0.2, 0) is 26.2 Å². The van der Waals surface area contributed by atoms with Crippen molar-refractivity contribution in [2.75, 3.05) is 30.5 Å². The Bertz CT molecular complexity index is 1170. The van der Waals surface area contributed by atoms with E-state index < -0.39 is 17.5 Å². The Kier molecular flexibility index (Phi) is 7.93. The first kappa shape index (κ1) is 26.7. The van der Waals surface area contributed by atoms with Crippen LogP contribution in [0.15, 0.2) is 47.2 Å². The van der Waals surface area contributed by atoms with Crippen molar-refractivity contribution in [2.24, 2.45) is 16.8 Å². The average molecular weight is 518 g/mol. The molecule has 1 amide bonds. The zero-order chi connectivity index (χ0) is 26.6. The van der Waals surface area contributed by atoms with Gasteiger partial charge in [-0.3, -0.25) is 14.8 Å². The van der Waals surface area contributed by atoms with Crippen LogP contribution in [0.5, 0.6) is 0 Å². The zero-order valence-corrected chi connectivity index (χ0v) is 20.9. The molecule has 1 saturated heterocycles. The minimum absolute atomic E-state index is 0.0759. The molecular weight excluding hydrogens is 487 g/mol. The smallest absolute Gasteiger partial charge is 0.351 e. The first-order chi connectivity index (χ1) is 17.6. The van der Waals surface area contributed by atoms with Crippen LogP contribution >= 0.6 is 0 Å². The molecule has 1 saturated carbocycles. The molecule has 2 aromatic rings. The first-order valence-electron chi connectivity index (χ1n) is 12.1. The van der Waals surface area contributed by atoms with E-state index in [1.54, 1.807) is 12.3 Å². The number of pyridine rings is 2. The van der Waals surface area contributed by atoms with Crippen LogP contribution in [0.4, 0.5) is 24.7 Å². The number of halogens is 3. The van der Waals surface area contributed by atoms with Crippen molar-refractivity contribution >= 4 is 23.6 Å². The van der Waals surface area contributed by atoms with Crippen molar-refractivity contribution in [3.63, 3.8) is 0 Å². The molecule has 11 heteroatoms. The fraction of sp³-hybridized carbons (Fsp3) is 0.462. The summed E-state index contributed by atoms with van der Waals surface area (Å²) in [5, 5.41) is 5.80. The summed E-state index contributed by atoms with van der Waals surface area (Å²) in [4.78, 5) is 25.5. The highest BCUT2D eigenvalue weighted by atomic mass is 19.4. The third-order valence-corrected chi connectivity index (χ3v) is 6.18. The van der Waals surface area contributed by atoms with Gasteiger partial charge in [0, 0.05) is 35.2 Å². The van der Waals surface area contributed by atoms with Crippen molar-refractivity contribution in [1.29, 1.82) is 0 Å². The topological polar surface area (TPSA) is 97.7 Å². The van der Waals surface area contributed by atoms with Crippen molar-refractivity contribution in [1.82, 2.24) is 9.97 Å². The molecule has 0 spiro atoms. The Morgan fingerprint density at radius 2 is 1.95 bits per heavy atom. The van der Waals surface area contributed by atoms with E-state index in [0.29, 0.717) is 24.5 Å². The summed E-state index contributed by atoms with van der Waals surface area (Å²) in [5.74, 6) is -0.760. The summed E-state index contributed by atoms with van der Waals surface area (Å²) in [6.45, 7) is 6.74. The molecule has 1 aliphatic heterocycles. The van der Waals surface area contributed by atoms with Crippen LogP contribution in [0.3, 0.4) is 0 Å². The van der Waals surface area contributed by atoms with Gasteiger partial charge in [0.15, 0.2) is 5.79 Å². The number of nitrogens with one attached hydrogen (secondary N) is 2. The van der Waals surface area contributed by atoms with Gasteiger partial charge in [-0.2, -0.15) is 13.2 Å². The van der Waals surface area contributed by atoms with E-state index in [-0.39, 0.29) is 30.2 Å². The molecule has 3 heterocycles. The molecule has 0 radical (unpaired) electrons. The SMILES string of the molecule is Cc1cc(C2(C3CC3)OCCO2)c(NC(=O)/C(=C/C=N\CNc2ccc(C(F)(F)F)cn2)C(C)C)cn1. The summed E-state index contributed by atoms with van der Waals surface area (Å²) in [7, 11) is 0. The van der Waals surface area contributed by atoms with Gasteiger partial charge in [-0.05, 0) is 50.0 Å². The number of aryl methyl sites for hydroxylation is 1. The second-order valence-corrected chi connectivity index (χ2v) is 9.34. The van der Waals surface area contributed by atoms with Gasteiger partial charge in [0.2, 0.25) is 0 Å². The van der Waals surface area contributed by atoms with E-state index in [0.717, 1.165) is 36.4 Å². The molecule has 0 atom stereocenters. The quantitative estimate of drug-likeness (QED) is 0.356. The largest absolute Gasteiger partial charge is 0.417 e. The zero-order valence-electron chi connectivity index (χ0n) is 20.9. The van der Waals surface area contributed by atoms with Crippen LogP contribution < -0.4 is 10.6 Å². The number of amides is 1. The van der Waals surface area contributed by atoms with Gasteiger partial charge in [0.1, 0.15) is 12.5 Å². The summed E-state index contributed by atoms with van der Waals surface area (Å²) in [6, 6.07) is 4.09. The van der Waals surface area contributed by atoms with Gasteiger partial charge in [-0.15, -0.1) is 0 Å². The lowest BCUT2D eigenvalue weighted by Gasteiger charge is -2.30. The maximum absolute atomic E-state index is 13.2. The van der Waals surface area contributed by atoms with Crippen molar-refractivity contribution in [3.05, 3.63) is 59.1 Å². The maximum Gasteiger partial charge on any atom is 0.417 e. The minimum atomic E-state index is -4.44. The molecule has 198 valence electrons. The predicted octanol–water partition coefficient (Wildman–Crippen LogP) is 5.07. The van der Waals surface area contributed by atoms with E-state index in [2.05, 4.69) is 25.6 Å². The van der Waals surface area contributed by atoms with Crippen molar-refractivity contribution < 1.29 is 27.4 Å². The molecule has 8 nitrogen and oxygen atoms in total. The average Bonchev–Trinajstić information content (AvgIpc) is 3.59. The van der Waals surface area contributed by atoms with Gasteiger partial charge < -0.3 is 20.1 Å². The highest BCUT2D eigenvalue weighted by Crippen LogP contribution is 2.52. The first-order valence-corrected chi connectivity index (χ1v) is 12.1. The minimum Gasteiger partial charge on any atom is -0.351 e. The number of ether oxygens (including phenoxy) is 2. The van der Waals surface area contributed by atoms with Crippen LogP contribution in [0.25, 0.3) is 0 Å². The molecule has 4 rings (SSSR count). The number of aromatic nitrogens is 2. The standard InChI is InChI=1S/C26H30F3N5O3/c1-16(2)20(8-9-30-15-33-23-7-6-19(13-32-23)26(27,28)29)24(35)34-22-14-31-17(3)12-21(22)25(18-4-5-18)36-10-11-37-25/h6-9,12-14,16,18H,4-5,10-11,15H2,1-3H3,(H,32,33)(H,34,35)/b20-8+,30-9-. The fourth-order valence-electron chi connectivity index (χ4n) is 4.15. The summed E-state index contributed by atoms with van der Waals surface area (Å²) in [6.07, 6.45) is 3.04. The highest BCUT2D eigenvalue weighted by Gasteiger charge is 2.52. The third kappa shape index (κ3) is 6.34. The number of rotatable bonds is 9. The van der Waals surface area contributed by atoms with Crippen LogP contribution in [0.1, 0.15) is 43.5 Å². The van der Waals surface area contributed by atoms with Crippen molar-refractivity contribution in [2.45, 2.75) is 45.6 Å². The molecule has 2 aromatic heterocycles. The Balaban J connectivity index is 1.43. The summed E-state index contributed by atoms with van der Waals surface area (Å²) < 4.78 is 50.1. The van der Waals surface area contributed by atoms with Crippen LogP contribution in [-0.4, -0.2) is 42.0 Å². The second kappa shape index (κ2) is 11.0. The normalized spacial score (nSPS) is 18.0. The number of nitrogens with zero attached hydrogens (tertiary/aromatic N) is 3. The van der Waals surface area contributed by atoms with E-state index in [1.165, 1.54) is 12.3 Å².